The number of rotatable bonds is 0. The highest BCUT2D eigenvalue weighted by molar-refractivity contribution is 6.05. The molecule has 1 aromatic carbocycles. The first-order valence-corrected chi connectivity index (χ1v) is 5.23. The van der Waals surface area contributed by atoms with Crippen molar-refractivity contribution in [2.24, 2.45) is 10.9 Å². The van der Waals surface area contributed by atoms with Gasteiger partial charge in [-0.1, -0.05) is 24.3 Å². The predicted octanol–water partition coefficient (Wildman–Crippen LogP) is 2.65. The molecule has 0 fully saturated rings. The fraction of sp³-hybridized carbons (Fsp3) is 0.154. The molecule has 0 saturated heterocycles. The summed E-state index contributed by atoms with van der Waals surface area (Å²) in [6.07, 6.45) is 6.26. The van der Waals surface area contributed by atoms with Crippen molar-refractivity contribution in [1.29, 1.82) is 0 Å². The summed E-state index contributed by atoms with van der Waals surface area (Å²) < 4.78 is 0. The Bertz CT molecular complexity index is 541. The topological polar surface area (TPSA) is 52.8 Å². The van der Waals surface area contributed by atoms with Crippen LogP contribution in [0.25, 0.3) is 0 Å². The highest BCUT2D eigenvalue weighted by Gasteiger charge is 2.26. The van der Waals surface area contributed by atoms with Crippen LogP contribution < -0.4 is 0 Å². The van der Waals surface area contributed by atoms with E-state index < -0.39 is 0 Å². The third-order valence-electron chi connectivity index (χ3n) is 2.98. The van der Waals surface area contributed by atoms with Gasteiger partial charge in [-0.05, 0) is 24.1 Å². The lowest BCUT2D eigenvalue weighted by atomic mass is 9.87. The fourth-order valence-electron chi connectivity index (χ4n) is 2.18. The SMILES string of the molecule is OC1=CC=CC2Cc3cccc(O)c3N=C12. The zero-order valence-electron chi connectivity index (χ0n) is 8.59. The van der Waals surface area contributed by atoms with Crippen molar-refractivity contribution in [3.05, 3.63) is 47.7 Å². The van der Waals surface area contributed by atoms with E-state index in [9.17, 15) is 10.2 Å². The van der Waals surface area contributed by atoms with E-state index in [1.807, 2.05) is 24.3 Å². The maximum atomic E-state index is 9.72. The predicted molar refractivity (Wildman–Crippen MR) is 62.2 cm³/mol. The van der Waals surface area contributed by atoms with Crippen molar-refractivity contribution in [3.63, 3.8) is 0 Å². The minimum Gasteiger partial charge on any atom is -0.506 e. The number of allylic oxidation sites excluding steroid dienone is 4. The quantitative estimate of drug-likeness (QED) is 0.696. The van der Waals surface area contributed by atoms with Gasteiger partial charge < -0.3 is 10.2 Å². The highest BCUT2D eigenvalue weighted by atomic mass is 16.3. The van der Waals surface area contributed by atoms with Crippen LogP contribution in [0.3, 0.4) is 0 Å². The largest absolute Gasteiger partial charge is 0.506 e. The second kappa shape index (κ2) is 3.23. The minimum atomic E-state index is 0.124. The number of fused-ring (bicyclic) bond motifs is 2. The van der Waals surface area contributed by atoms with E-state index in [-0.39, 0.29) is 17.4 Å². The summed E-state index contributed by atoms with van der Waals surface area (Å²) in [5, 5.41) is 19.4. The Morgan fingerprint density at radius 2 is 2.12 bits per heavy atom. The first kappa shape index (κ1) is 9.21. The van der Waals surface area contributed by atoms with E-state index in [1.165, 1.54) is 0 Å². The summed E-state index contributed by atoms with van der Waals surface area (Å²) in [4.78, 5) is 4.35. The smallest absolute Gasteiger partial charge is 0.141 e. The number of aliphatic imine (C=N–C) groups is 1. The average Bonchev–Trinajstić information content (AvgIpc) is 2.28. The summed E-state index contributed by atoms with van der Waals surface area (Å²) in [6.45, 7) is 0. The second-order valence-corrected chi connectivity index (χ2v) is 4.03. The molecular formula is C13H11NO2. The Labute approximate surface area is 93.1 Å². The number of phenolic OH excluding ortho intramolecular Hbond substituents is 1. The van der Waals surface area contributed by atoms with Gasteiger partial charge in [-0.25, -0.2) is 4.99 Å². The number of aliphatic hydroxyl groups is 1. The molecule has 0 bridgehead atoms. The van der Waals surface area contributed by atoms with Crippen LogP contribution in [0.5, 0.6) is 5.75 Å². The van der Waals surface area contributed by atoms with Crippen molar-refractivity contribution >= 4 is 11.4 Å². The monoisotopic (exact) mass is 213 g/mol. The van der Waals surface area contributed by atoms with Crippen LogP contribution in [0, 0.1) is 5.92 Å². The molecule has 1 unspecified atom stereocenters. The van der Waals surface area contributed by atoms with Crippen molar-refractivity contribution in [2.75, 3.05) is 0 Å². The normalized spacial score (nSPS) is 21.9. The van der Waals surface area contributed by atoms with Gasteiger partial charge in [0.25, 0.3) is 0 Å². The molecule has 1 aliphatic carbocycles. The molecular weight excluding hydrogens is 202 g/mol. The standard InChI is InChI=1S/C13H11NO2/c15-10-5-1-3-8-7-9-4-2-6-11(16)13(9)14-12(8)10/h1-6,8,15-16H,7H2. The van der Waals surface area contributed by atoms with Crippen LogP contribution in [0.2, 0.25) is 0 Å². The van der Waals surface area contributed by atoms with E-state index in [2.05, 4.69) is 4.99 Å². The molecule has 1 aromatic rings. The van der Waals surface area contributed by atoms with Crippen molar-refractivity contribution in [2.45, 2.75) is 6.42 Å². The summed E-state index contributed by atoms with van der Waals surface area (Å²) in [5.74, 6) is 0.492. The number of aromatic hydroxyl groups is 1. The van der Waals surface area contributed by atoms with Crippen molar-refractivity contribution in [3.8, 4) is 5.75 Å². The van der Waals surface area contributed by atoms with Gasteiger partial charge in [0.1, 0.15) is 17.2 Å². The number of hydrogen-bond acceptors (Lipinski definition) is 3. The average molecular weight is 213 g/mol. The Morgan fingerprint density at radius 3 is 3.00 bits per heavy atom. The zero-order chi connectivity index (χ0) is 11.1. The third-order valence-corrected chi connectivity index (χ3v) is 2.98. The van der Waals surface area contributed by atoms with Crippen LogP contribution >= 0.6 is 0 Å². The molecule has 1 aliphatic heterocycles. The molecule has 0 saturated carbocycles. The number of para-hydroxylation sites is 1. The van der Waals surface area contributed by atoms with Crippen LogP contribution in [0.4, 0.5) is 5.69 Å². The van der Waals surface area contributed by atoms with Gasteiger partial charge in [-0.3, -0.25) is 0 Å². The molecule has 1 heterocycles. The number of hydrogen-bond donors (Lipinski definition) is 2. The van der Waals surface area contributed by atoms with Crippen LogP contribution in [0.15, 0.2) is 47.2 Å². The molecule has 0 amide bonds. The Morgan fingerprint density at radius 1 is 1.25 bits per heavy atom. The van der Waals surface area contributed by atoms with E-state index >= 15 is 0 Å². The van der Waals surface area contributed by atoms with Crippen molar-refractivity contribution in [1.82, 2.24) is 0 Å². The fourth-order valence-corrected chi connectivity index (χ4v) is 2.18. The maximum absolute atomic E-state index is 9.72. The summed E-state index contributed by atoms with van der Waals surface area (Å²) in [5.41, 5.74) is 2.26. The number of nitrogens with zero attached hydrogens (tertiary/aromatic N) is 1. The molecule has 2 aliphatic rings. The summed E-state index contributed by atoms with van der Waals surface area (Å²) in [6, 6.07) is 5.39. The number of aliphatic hydroxyl groups excluding tert-OH is 1. The Kier molecular flexibility index (Phi) is 1.86. The second-order valence-electron chi connectivity index (χ2n) is 4.03. The molecule has 16 heavy (non-hydrogen) atoms. The Hall–Kier alpha value is -2.03. The Balaban J connectivity index is 2.18. The molecule has 3 rings (SSSR count). The van der Waals surface area contributed by atoms with E-state index in [0.29, 0.717) is 11.4 Å². The number of phenols is 1. The van der Waals surface area contributed by atoms with E-state index in [4.69, 9.17) is 0 Å². The van der Waals surface area contributed by atoms with Crippen LogP contribution in [-0.2, 0) is 6.42 Å². The van der Waals surface area contributed by atoms with Gasteiger partial charge in [-0.2, -0.15) is 0 Å². The molecule has 0 aromatic heterocycles. The lowest BCUT2D eigenvalue weighted by molar-refractivity contribution is 0.435. The molecule has 2 N–H and O–H groups in total. The van der Waals surface area contributed by atoms with Gasteiger partial charge in [0.15, 0.2) is 0 Å². The lowest BCUT2D eigenvalue weighted by Crippen LogP contribution is -2.22. The van der Waals surface area contributed by atoms with Crippen LogP contribution in [-0.4, -0.2) is 15.9 Å². The molecule has 3 nitrogen and oxygen atoms in total. The van der Waals surface area contributed by atoms with Gasteiger partial charge in [0.05, 0.1) is 5.71 Å². The summed E-state index contributed by atoms with van der Waals surface area (Å²) >= 11 is 0. The molecule has 80 valence electrons. The van der Waals surface area contributed by atoms with Crippen molar-refractivity contribution < 1.29 is 10.2 Å². The first-order chi connectivity index (χ1) is 7.75. The molecule has 0 spiro atoms. The van der Waals surface area contributed by atoms with Crippen LogP contribution in [0.1, 0.15) is 5.56 Å². The molecule has 1 atom stereocenters. The van der Waals surface area contributed by atoms with Gasteiger partial charge >= 0.3 is 0 Å². The van der Waals surface area contributed by atoms with E-state index in [0.717, 1.165) is 12.0 Å². The number of benzene rings is 1. The third kappa shape index (κ3) is 1.25. The molecule has 3 heteroatoms. The summed E-state index contributed by atoms with van der Waals surface area (Å²) in [7, 11) is 0. The van der Waals surface area contributed by atoms with E-state index in [1.54, 1.807) is 12.1 Å². The molecule has 0 radical (unpaired) electrons. The zero-order valence-corrected chi connectivity index (χ0v) is 8.59. The highest BCUT2D eigenvalue weighted by Crippen LogP contribution is 2.38. The van der Waals surface area contributed by atoms with Gasteiger partial charge in [0, 0.05) is 5.92 Å². The van der Waals surface area contributed by atoms with Gasteiger partial charge in [0.2, 0.25) is 0 Å². The minimum absolute atomic E-state index is 0.124. The first-order valence-electron chi connectivity index (χ1n) is 5.23. The van der Waals surface area contributed by atoms with Gasteiger partial charge in [-0.15, -0.1) is 0 Å². The maximum Gasteiger partial charge on any atom is 0.141 e. The lowest BCUT2D eigenvalue weighted by Gasteiger charge is -2.24.